The van der Waals surface area contributed by atoms with Gasteiger partial charge in [0, 0.05) is 0 Å². The highest BCUT2D eigenvalue weighted by Gasteiger charge is 2.15. The van der Waals surface area contributed by atoms with Gasteiger partial charge in [-0.1, -0.05) is 45.0 Å². The molecule has 0 aromatic heterocycles. The third-order valence-electron chi connectivity index (χ3n) is 3.70. The van der Waals surface area contributed by atoms with Gasteiger partial charge in [0.15, 0.2) is 0 Å². The lowest BCUT2D eigenvalue weighted by molar-refractivity contribution is 0.0472. The summed E-state index contributed by atoms with van der Waals surface area (Å²) >= 11 is 0. The Morgan fingerprint density at radius 1 is 0.917 bits per heavy atom. The maximum Gasteiger partial charge on any atom is 0.338 e. The fourth-order valence-electron chi connectivity index (χ4n) is 2.24. The van der Waals surface area contributed by atoms with Gasteiger partial charge < -0.3 is 9.47 Å². The summed E-state index contributed by atoms with van der Waals surface area (Å²) in [5, 5.41) is 0. The smallest absolute Gasteiger partial charge is 0.338 e. The summed E-state index contributed by atoms with van der Waals surface area (Å²) in [6.07, 6.45) is 0. The van der Waals surface area contributed by atoms with Crippen LogP contribution >= 0.6 is 0 Å². The fourth-order valence-corrected chi connectivity index (χ4v) is 2.24. The van der Waals surface area contributed by atoms with Crippen LogP contribution in [0.4, 0.5) is 0 Å². The highest BCUT2D eigenvalue weighted by Crippen LogP contribution is 2.22. The number of carbonyl (C=O) groups excluding carboxylic acids is 2. The van der Waals surface area contributed by atoms with Crippen LogP contribution in [0.3, 0.4) is 0 Å². The summed E-state index contributed by atoms with van der Waals surface area (Å²) in [4.78, 5) is 23.6. The van der Waals surface area contributed by atoms with Crippen molar-refractivity contribution in [3.63, 3.8) is 0 Å². The Hall–Kier alpha value is -2.62. The maximum atomic E-state index is 12.1. The lowest BCUT2D eigenvalue weighted by atomic mass is 9.87. The zero-order valence-corrected chi connectivity index (χ0v) is 14.5. The SMILES string of the molecule is COC(=O)c1cccc(COC(=O)c2ccc(C(C)(C)C)cc2)c1. The Kier molecular flexibility index (Phi) is 5.39. The predicted molar refractivity (Wildman–Crippen MR) is 92.0 cm³/mol. The zero-order valence-electron chi connectivity index (χ0n) is 14.5. The van der Waals surface area contributed by atoms with Gasteiger partial charge in [-0.15, -0.1) is 0 Å². The molecular formula is C20H22O4. The van der Waals surface area contributed by atoms with Crippen LogP contribution in [0, 0.1) is 0 Å². The number of esters is 2. The molecule has 4 heteroatoms. The second-order valence-electron chi connectivity index (χ2n) is 6.60. The van der Waals surface area contributed by atoms with Gasteiger partial charge in [-0.05, 0) is 40.8 Å². The van der Waals surface area contributed by atoms with Gasteiger partial charge in [0.1, 0.15) is 6.61 Å². The third-order valence-corrected chi connectivity index (χ3v) is 3.70. The van der Waals surface area contributed by atoms with E-state index >= 15 is 0 Å². The lowest BCUT2D eigenvalue weighted by Gasteiger charge is -2.18. The molecule has 2 rings (SSSR count). The van der Waals surface area contributed by atoms with E-state index in [1.807, 2.05) is 12.1 Å². The fraction of sp³-hybridized carbons (Fsp3) is 0.300. The van der Waals surface area contributed by atoms with Gasteiger partial charge in [-0.2, -0.15) is 0 Å². The first kappa shape index (κ1) is 17.7. The molecule has 2 aromatic carbocycles. The van der Waals surface area contributed by atoms with Crippen molar-refractivity contribution < 1.29 is 19.1 Å². The van der Waals surface area contributed by atoms with Gasteiger partial charge in [-0.25, -0.2) is 9.59 Å². The highest BCUT2D eigenvalue weighted by molar-refractivity contribution is 5.90. The van der Waals surface area contributed by atoms with E-state index in [1.54, 1.807) is 36.4 Å². The van der Waals surface area contributed by atoms with E-state index in [2.05, 4.69) is 25.5 Å². The third kappa shape index (κ3) is 4.44. The van der Waals surface area contributed by atoms with E-state index in [0.29, 0.717) is 11.1 Å². The molecule has 2 aromatic rings. The van der Waals surface area contributed by atoms with Crippen LogP contribution < -0.4 is 0 Å². The van der Waals surface area contributed by atoms with Crippen molar-refractivity contribution >= 4 is 11.9 Å². The molecule has 126 valence electrons. The summed E-state index contributed by atoms with van der Waals surface area (Å²) in [6, 6.07) is 14.3. The van der Waals surface area contributed by atoms with Crippen molar-refractivity contribution in [2.24, 2.45) is 0 Å². The van der Waals surface area contributed by atoms with Crippen LogP contribution in [-0.2, 0) is 21.5 Å². The zero-order chi connectivity index (χ0) is 17.7. The topological polar surface area (TPSA) is 52.6 Å². The van der Waals surface area contributed by atoms with Crippen LogP contribution in [0.25, 0.3) is 0 Å². The molecule has 0 amide bonds. The number of hydrogen-bond acceptors (Lipinski definition) is 4. The number of rotatable bonds is 4. The second kappa shape index (κ2) is 7.30. The first-order chi connectivity index (χ1) is 11.3. The standard InChI is InChI=1S/C20H22O4/c1-20(2,3)17-10-8-15(9-11-17)19(22)24-13-14-6-5-7-16(12-14)18(21)23-4/h5-12H,13H2,1-4H3. The summed E-state index contributed by atoms with van der Waals surface area (Å²) in [6.45, 7) is 6.46. The molecule has 0 radical (unpaired) electrons. The minimum absolute atomic E-state index is 0.0385. The van der Waals surface area contributed by atoms with Crippen LogP contribution in [0.1, 0.15) is 52.6 Å². The van der Waals surface area contributed by atoms with Crippen molar-refractivity contribution in [2.75, 3.05) is 7.11 Å². The molecule has 0 saturated carbocycles. The molecular weight excluding hydrogens is 304 g/mol. The quantitative estimate of drug-likeness (QED) is 0.793. The van der Waals surface area contributed by atoms with Crippen molar-refractivity contribution in [1.82, 2.24) is 0 Å². The summed E-state index contributed by atoms with van der Waals surface area (Å²) in [5.41, 5.74) is 2.87. The van der Waals surface area contributed by atoms with Gasteiger partial charge in [0.2, 0.25) is 0 Å². The molecule has 0 bridgehead atoms. The Balaban J connectivity index is 2.02. The normalized spacial score (nSPS) is 11.0. The van der Waals surface area contributed by atoms with Gasteiger partial charge in [0.05, 0.1) is 18.2 Å². The van der Waals surface area contributed by atoms with Crippen LogP contribution in [0.5, 0.6) is 0 Å². The molecule has 24 heavy (non-hydrogen) atoms. The lowest BCUT2D eigenvalue weighted by Crippen LogP contribution is -2.12. The largest absolute Gasteiger partial charge is 0.465 e. The monoisotopic (exact) mass is 326 g/mol. The van der Waals surface area contributed by atoms with Crippen LogP contribution in [0.2, 0.25) is 0 Å². The molecule has 0 aliphatic rings. The molecule has 0 spiro atoms. The maximum absolute atomic E-state index is 12.1. The Morgan fingerprint density at radius 3 is 2.17 bits per heavy atom. The Bertz CT molecular complexity index is 724. The molecule has 0 heterocycles. The molecule has 0 atom stereocenters. The second-order valence-corrected chi connectivity index (χ2v) is 6.60. The first-order valence-corrected chi connectivity index (χ1v) is 7.76. The molecule has 0 N–H and O–H groups in total. The minimum Gasteiger partial charge on any atom is -0.465 e. The van der Waals surface area contributed by atoms with E-state index in [-0.39, 0.29) is 18.0 Å². The van der Waals surface area contributed by atoms with E-state index in [4.69, 9.17) is 4.74 Å². The average molecular weight is 326 g/mol. The van der Waals surface area contributed by atoms with Crippen LogP contribution in [0.15, 0.2) is 48.5 Å². The van der Waals surface area contributed by atoms with E-state index in [0.717, 1.165) is 11.1 Å². The number of methoxy groups -OCH3 is 1. The number of hydrogen-bond donors (Lipinski definition) is 0. The number of ether oxygens (including phenoxy) is 2. The Labute approximate surface area is 142 Å². The van der Waals surface area contributed by atoms with Crippen molar-refractivity contribution in [3.05, 3.63) is 70.8 Å². The number of carbonyl (C=O) groups is 2. The molecule has 0 aliphatic heterocycles. The van der Waals surface area contributed by atoms with E-state index in [1.165, 1.54) is 7.11 Å². The van der Waals surface area contributed by atoms with Gasteiger partial charge in [0.25, 0.3) is 0 Å². The molecule has 0 saturated heterocycles. The molecule has 4 nitrogen and oxygen atoms in total. The van der Waals surface area contributed by atoms with Crippen LogP contribution in [-0.4, -0.2) is 19.0 Å². The van der Waals surface area contributed by atoms with Gasteiger partial charge >= 0.3 is 11.9 Å². The van der Waals surface area contributed by atoms with Crippen molar-refractivity contribution in [3.8, 4) is 0 Å². The summed E-state index contributed by atoms with van der Waals surface area (Å²) < 4.78 is 10.00. The molecule has 0 fully saturated rings. The average Bonchev–Trinajstić information content (AvgIpc) is 2.58. The van der Waals surface area contributed by atoms with E-state index < -0.39 is 5.97 Å². The predicted octanol–water partition coefficient (Wildman–Crippen LogP) is 4.13. The molecule has 0 aliphatic carbocycles. The summed E-state index contributed by atoms with van der Waals surface area (Å²) in [5.74, 6) is -0.806. The number of benzene rings is 2. The van der Waals surface area contributed by atoms with Crippen molar-refractivity contribution in [2.45, 2.75) is 32.8 Å². The van der Waals surface area contributed by atoms with Gasteiger partial charge in [-0.3, -0.25) is 0 Å². The summed E-state index contributed by atoms with van der Waals surface area (Å²) in [7, 11) is 1.33. The first-order valence-electron chi connectivity index (χ1n) is 7.76. The highest BCUT2D eigenvalue weighted by atomic mass is 16.5. The van der Waals surface area contributed by atoms with Crippen molar-refractivity contribution in [1.29, 1.82) is 0 Å². The molecule has 0 unspecified atom stereocenters. The minimum atomic E-state index is -0.416. The van der Waals surface area contributed by atoms with E-state index in [9.17, 15) is 9.59 Å². The Morgan fingerprint density at radius 2 is 1.58 bits per heavy atom.